The van der Waals surface area contributed by atoms with Gasteiger partial charge in [0.25, 0.3) is 0 Å². The third kappa shape index (κ3) is 3.57. The number of ether oxygens (including phenoxy) is 2. The van der Waals surface area contributed by atoms with E-state index >= 15 is 0 Å². The molecule has 0 bridgehead atoms. The van der Waals surface area contributed by atoms with Gasteiger partial charge in [0, 0.05) is 18.6 Å². The molecule has 0 N–H and O–H groups in total. The second kappa shape index (κ2) is 5.86. The lowest BCUT2D eigenvalue weighted by Gasteiger charge is -2.26. The molecule has 1 aliphatic rings. The van der Waals surface area contributed by atoms with Crippen LogP contribution in [0.1, 0.15) is 26.2 Å². The Morgan fingerprint density at radius 3 is 2.33 bits per heavy atom. The number of halogens is 5. The van der Waals surface area contributed by atoms with E-state index in [1.54, 1.807) is 0 Å². The summed E-state index contributed by atoms with van der Waals surface area (Å²) in [7, 11) is 0. The van der Waals surface area contributed by atoms with Gasteiger partial charge in [-0.05, 0) is 12.8 Å². The molecule has 7 heteroatoms. The van der Waals surface area contributed by atoms with Gasteiger partial charge in [-0.1, -0.05) is 6.92 Å². The third-order valence-corrected chi connectivity index (χ3v) is 2.72. The van der Waals surface area contributed by atoms with Crippen molar-refractivity contribution in [3.05, 3.63) is 11.8 Å². The average Bonchev–Trinajstić information content (AvgIpc) is 2.18. The monoisotopic (exact) mass is 274 g/mol. The van der Waals surface area contributed by atoms with Crippen LogP contribution in [0, 0.1) is 0 Å². The minimum atomic E-state index is -5.59. The molecule has 106 valence electrons. The van der Waals surface area contributed by atoms with E-state index in [0.717, 1.165) is 6.42 Å². The topological polar surface area (TPSA) is 18.5 Å². The summed E-state index contributed by atoms with van der Waals surface area (Å²) < 4.78 is 72.0. The molecule has 1 atom stereocenters. The first-order valence-electron chi connectivity index (χ1n) is 5.66. The van der Waals surface area contributed by atoms with E-state index in [9.17, 15) is 22.0 Å². The summed E-state index contributed by atoms with van der Waals surface area (Å²) in [6.07, 6.45) is -4.10. The van der Waals surface area contributed by atoms with E-state index < -0.39 is 24.1 Å². The van der Waals surface area contributed by atoms with Crippen LogP contribution in [0.4, 0.5) is 22.0 Å². The van der Waals surface area contributed by atoms with Gasteiger partial charge in [-0.3, -0.25) is 0 Å². The van der Waals surface area contributed by atoms with Crippen LogP contribution in [-0.4, -0.2) is 31.4 Å². The lowest BCUT2D eigenvalue weighted by Crippen LogP contribution is -2.38. The summed E-state index contributed by atoms with van der Waals surface area (Å²) in [4.78, 5) is 0. The second-order valence-electron chi connectivity index (χ2n) is 4.01. The zero-order valence-corrected chi connectivity index (χ0v) is 9.90. The van der Waals surface area contributed by atoms with Gasteiger partial charge in [0.1, 0.15) is 0 Å². The summed E-state index contributed by atoms with van der Waals surface area (Å²) >= 11 is 0. The summed E-state index contributed by atoms with van der Waals surface area (Å²) in [5, 5.41) is 0. The van der Waals surface area contributed by atoms with Gasteiger partial charge < -0.3 is 9.47 Å². The van der Waals surface area contributed by atoms with Crippen LogP contribution < -0.4 is 0 Å². The van der Waals surface area contributed by atoms with Crippen LogP contribution in [0.15, 0.2) is 11.8 Å². The molecule has 0 aromatic carbocycles. The Labute approximate surface area is 102 Å². The fourth-order valence-electron chi connectivity index (χ4n) is 1.43. The Morgan fingerprint density at radius 1 is 1.33 bits per heavy atom. The SMILES string of the molecule is CCC(=COCCC1CCO1)C(F)(F)C(F)(F)F. The molecular formula is C11H15F5O2. The first kappa shape index (κ1) is 15.2. The molecule has 0 aromatic heterocycles. The van der Waals surface area contributed by atoms with Crippen LogP contribution in [-0.2, 0) is 9.47 Å². The van der Waals surface area contributed by atoms with Gasteiger partial charge in [-0.25, -0.2) is 0 Å². The molecule has 18 heavy (non-hydrogen) atoms. The summed E-state index contributed by atoms with van der Waals surface area (Å²) in [5.41, 5.74) is -1.07. The highest BCUT2D eigenvalue weighted by Gasteiger charge is 2.59. The number of alkyl halides is 5. The van der Waals surface area contributed by atoms with E-state index in [1.165, 1.54) is 6.92 Å². The van der Waals surface area contributed by atoms with E-state index in [1.807, 2.05) is 0 Å². The molecule has 0 saturated carbocycles. The maximum Gasteiger partial charge on any atom is 0.457 e. The standard InChI is InChI=1S/C11H15F5O2/c1-2-8(10(12,13)11(14,15)16)7-17-5-3-9-4-6-18-9/h7,9H,2-6H2,1H3. The maximum absolute atomic E-state index is 13.0. The first-order valence-corrected chi connectivity index (χ1v) is 5.66. The number of allylic oxidation sites excluding steroid dienone is 1. The molecule has 1 fully saturated rings. The third-order valence-electron chi connectivity index (χ3n) is 2.72. The van der Waals surface area contributed by atoms with E-state index in [4.69, 9.17) is 9.47 Å². The molecule has 2 nitrogen and oxygen atoms in total. The average molecular weight is 274 g/mol. The molecule has 1 heterocycles. The second-order valence-corrected chi connectivity index (χ2v) is 4.01. The van der Waals surface area contributed by atoms with Gasteiger partial charge >= 0.3 is 12.1 Å². The maximum atomic E-state index is 13.0. The molecule has 0 radical (unpaired) electrons. The molecule has 0 aromatic rings. The van der Waals surface area contributed by atoms with Gasteiger partial charge in [0.05, 0.1) is 19.0 Å². The Balaban J connectivity index is 2.47. The number of rotatable bonds is 6. The Bertz CT molecular complexity index is 294. The van der Waals surface area contributed by atoms with Gasteiger partial charge in [0.15, 0.2) is 0 Å². The van der Waals surface area contributed by atoms with Crippen molar-refractivity contribution in [1.82, 2.24) is 0 Å². The lowest BCUT2D eigenvalue weighted by molar-refractivity contribution is -0.265. The molecule has 0 aliphatic carbocycles. The first-order chi connectivity index (χ1) is 8.29. The summed E-state index contributed by atoms with van der Waals surface area (Å²) in [6.45, 7) is 1.96. The predicted molar refractivity (Wildman–Crippen MR) is 54.3 cm³/mol. The molecule has 1 unspecified atom stereocenters. The van der Waals surface area contributed by atoms with Crippen molar-refractivity contribution in [2.75, 3.05) is 13.2 Å². The minimum Gasteiger partial charge on any atom is -0.501 e. The van der Waals surface area contributed by atoms with Crippen molar-refractivity contribution in [3.63, 3.8) is 0 Å². The van der Waals surface area contributed by atoms with Gasteiger partial charge in [0.2, 0.25) is 0 Å². The number of hydrogen-bond acceptors (Lipinski definition) is 2. The van der Waals surface area contributed by atoms with Crippen LogP contribution in [0.25, 0.3) is 0 Å². The number of hydrogen-bond donors (Lipinski definition) is 0. The largest absolute Gasteiger partial charge is 0.501 e. The smallest absolute Gasteiger partial charge is 0.457 e. The van der Waals surface area contributed by atoms with Crippen LogP contribution in [0.3, 0.4) is 0 Å². The van der Waals surface area contributed by atoms with Gasteiger partial charge in [-0.15, -0.1) is 0 Å². The van der Waals surface area contributed by atoms with E-state index in [0.29, 0.717) is 19.3 Å². The lowest BCUT2D eigenvalue weighted by atomic mass is 10.1. The van der Waals surface area contributed by atoms with Crippen molar-refractivity contribution in [1.29, 1.82) is 0 Å². The zero-order chi connectivity index (χ0) is 13.8. The van der Waals surface area contributed by atoms with E-state index in [2.05, 4.69) is 0 Å². The Morgan fingerprint density at radius 2 is 1.94 bits per heavy atom. The minimum absolute atomic E-state index is 0.0339. The molecule has 1 saturated heterocycles. The zero-order valence-electron chi connectivity index (χ0n) is 9.90. The molecule has 0 spiro atoms. The summed E-state index contributed by atoms with van der Waals surface area (Å²) in [5.74, 6) is -4.84. The van der Waals surface area contributed by atoms with E-state index in [-0.39, 0.29) is 12.7 Å². The van der Waals surface area contributed by atoms with Crippen LogP contribution in [0.5, 0.6) is 0 Å². The highest BCUT2D eigenvalue weighted by Crippen LogP contribution is 2.42. The Kier molecular flexibility index (Phi) is 4.95. The van der Waals surface area contributed by atoms with Crippen LogP contribution >= 0.6 is 0 Å². The van der Waals surface area contributed by atoms with Crippen molar-refractivity contribution >= 4 is 0 Å². The molecular weight excluding hydrogens is 259 g/mol. The fraction of sp³-hybridized carbons (Fsp3) is 0.818. The molecule has 0 amide bonds. The predicted octanol–water partition coefficient (Wildman–Crippen LogP) is 3.67. The highest BCUT2D eigenvalue weighted by molar-refractivity contribution is 5.12. The molecule has 1 rings (SSSR count). The van der Waals surface area contributed by atoms with Crippen molar-refractivity contribution in [2.24, 2.45) is 0 Å². The highest BCUT2D eigenvalue weighted by atomic mass is 19.4. The van der Waals surface area contributed by atoms with Crippen LogP contribution in [0.2, 0.25) is 0 Å². The normalized spacial score (nSPS) is 21.7. The van der Waals surface area contributed by atoms with Crippen molar-refractivity contribution in [3.8, 4) is 0 Å². The Hall–Kier alpha value is -0.850. The quantitative estimate of drug-likeness (QED) is 0.418. The molecule has 1 aliphatic heterocycles. The fourth-order valence-corrected chi connectivity index (χ4v) is 1.43. The summed E-state index contributed by atoms with van der Waals surface area (Å²) in [6, 6.07) is 0. The van der Waals surface area contributed by atoms with Crippen molar-refractivity contribution < 1.29 is 31.4 Å². The van der Waals surface area contributed by atoms with Crippen molar-refractivity contribution in [2.45, 2.75) is 44.4 Å². The van der Waals surface area contributed by atoms with Gasteiger partial charge in [-0.2, -0.15) is 22.0 Å².